The fourth-order valence-corrected chi connectivity index (χ4v) is 2.21. The maximum absolute atomic E-state index is 13.9. The lowest BCUT2D eigenvalue weighted by Gasteiger charge is -2.08. The molecule has 0 saturated heterocycles. The molecular formula is C18H10F2N2. The van der Waals surface area contributed by atoms with Crippen molar-refractivity contribution in [3.8, 4) is 28.6 Å². The van der Waals surface area contributed by atoms with Crippen LogP contribution in [0.3, 0.4) is 0 Å². The molecule has 3 rings (SSSR count). The van der Waals surface area contributed by atoms with Gasteiger partial charge in [0.05, 0.1) is 23.0 Å². The summed E-state index contributed by atoms with van der Waals surface area (Å²) in [6, 6.07) is 17.3. The predicted octanol–water partition coefficient (Wildman–Crippen LogP) is 4.57. The largest absolute Gasteiger partial charge is 0.247 e. The van der Waals surface area contributed by atoms with Crippen molar-refractivity contribution in [1.82, 2.24) is 4.98 Å². The average molecular weight is 292 g/mol. The van der Waals surface area contributed by atoms with E-state index >= 15 is 0 Å². The Kier molecular flexibility index (Phi) is 3.63. The van der Waals surface area contributed by atoms with Gasteiger partial charge in [-0.05, 0) is 36.4 Å². The van der Waals surface area contributed by atoms with E-state index in [-0.39, 0.29) is 11.1 Å². The van der Waals surface area contributed by atoms with Gasteiger partial charge in [-0.15, -0.1) is 0 Å². The van der Waals surface area contributed by atoms with Gasteiger partial charge < -0.3 is 0 Å². The van der Waals surface area contributed by atoms with E-state index < -0.39 is 11.6 Å². The highest BCUT2D eigenvalue weighted by Gasteiger charge is 2.12. The summed E-state index contributed by atoms with van der Waals surface area (Å²) in [6.45, 7) is 0. The van der Waals surface area contributed by atoms with Crippen LogP contribution in [0.25, 0.3) is 22.5 Å². The zero-order valence-electron chi connectivity index (χ0n) is 11.4. The molecule has 1 aromatic heterocycles. The molecule has 0 radical (unpaired) electrons. The number of nitrogens with zero attached hydrogens (tertiary/aromatic N) is 2. The van der Waals surface area contributed by atoms with Crippen LogP contribution in [-0.4, -0.2) is 4.98 Å². The summed E-state index contributed by atoms with van der Waals surface area (Å²) in [4.78, 5) is 4.31. The van der Waals surface area contributed by atoms with Crippen LogP contribution in [-0.2, 0) is 0 Å². The van der Waals surface area contributed by atoms with Gasteiger partial charge in [-0.1, -0.05) is 24.3 Å². The third-order valence-electron chi connectivity index (χ3n) is 3.25. The normalized spacial score (nSPS) is 10.2. The molecule has 4 heteroatoms. The summed E-state index contributed by atoms with van der Waals surface area (Å²) in [5.41, 5.74) is 1.45. The molecule has 22 heavy (non-hydrogen) atoms. The van der Waals surface area contributed by atoms with E-state index in [0.717, 1.165) is 0 Å². The highest BCUT2D eigenvalue weighted by molar-refractivity contribution is 5.69. The maximum atomic E-state index is 13.9. The van der Waals surface area contributed by atoms with Gasteiger partial charge in [-0.2, -0.15) is 5.26 Å². The number of benzene rings is 2. The minimum absolute atomic E-state index is 0.275. The fraction of sp³-hybridized carbons (Fsp3) is 0. The van der Waals surface area contributed by atoms with E-state index in [4.69, 9.17) is 5.26 Å². The molecule has 0 N–H and O–H groups in total. The van der Waals surface area contributed by atoms with Crippen LogP contribution in [0.5, 0.6) is 0 Å². The summed E-state index contributed by atoms with van der Waals surface area (Å²) >= 11 is 0. The van der Waals surface area contributed by atoms with Crippen molar-refractivity contribution in [2.45, 2.75) is 0 Å². The first-order valence-electron chi connectivity index (χ1n) is 6.61. The standard InChI is InChI=1S/C18H10F2N2/c19-15-7-3-1-5-13(15)17-9-12(11-21)10-18(22-17)14-6-2-4-8-16(14)20/h1-10H. The molecule has 0 bridgehead atoms. The van der Waals surface area contributed by atoms with Gasteiger partial charge in [-0.25, -0.2) is 13.8 Å². The van der Waals surface area contributed by atoms with Crippen molar-refractivity contribution in [1.29, 1.82) is 5.26 Å². The van der Waals surface area contributed by atoms with E-state index in [1.165, 1.54) is 24.3 Å². The monoisotopic (exact) mass is 292 g/mol. The predicted molar refractivity (Wildman–Crippen MR) is 79.7 cm³/mol. The van der Waals surface area contributed by atoms with Crippen molar-refractivity contribution in [2.75, 3.05) is 0 Å². The second kappa shape index (κ2) is 5.74. The van der Waals surface area contributed by atoms with E-state index in [1.807, 2.05) is 6.07 Å². The molecular weight excluding hydrogens is 282 g/mol. The van der Waals surface area contributed by atoms with Crippen LogP contribution < -0.4 is 0 Å². The second-order valence-electron chi connectivity index (χ2n) is 4.70. The second-order valence-corrected chi connectivity index (χ2v) is 4.70. The van der Waals surface area contributed by atoms with Gasteiger partial charge in [0.2, 0.25) is 0 Å². The van der Waals surface area contributed by atoms with E-state index in [0.29, 0.717) is 17.0 Å². The van der Waals surface area contributed by atoms with Gasteiger partial charge in [0.15, 0.2) is 0 Å². The fourth-order valence-electron chi connectivity index (χ4n) is 2.21. The molecule has 0 amide bonds. The van der Waals surface area contributed by atoms with Crippen LogP contribution >= 0.6 is 0 Å². The Morgan fingerprint density at radius 3 is 1.64 bits per heavy atom. The van der Waals surface area contributed by atoms with Crippen molar-refractivity contribution >= 4 is 0 Å². The molecule has 0 aliphatic heterocycles. The number of halogens is 2. The SMILES string of the molecule is N#Cc1cc(-c2ccccc2F)nc(-c2ccccc2F)c1. The summed E-state index contributed by atoms with van der Waals surface area (Å²) < 4.78 is 27.9. The molecule has 2 aromatic carbocycles. The Morgan fingerprint density at radius 2 is 1.23 bits per heavy atom. The van der Waals surface area contributed by atoms with Crippen LogP contribution in [0.4, 0.5) is 8.78 Å². The summed E-state index contributed by atoms with van der Waals surface area (Å²) in [6.07, 6.45) is 0. The summed E-state index contributed by atoms with van der Waals surface area (Å²) in [7, 11) is 0. The first-order chi connectivity index (χ1) is 10.7. The van der Waals surface area contributed by atoms with Crippen molar-refractivity contribution < 1.29 is 8.78 Å². The zero-order chi connectivity index (χ0) is 15.5. The van der Waals surface area contributed by atoms with Crippen molar-refractivity contribution in [3.05, 3.63) is 77.9 Å². The third-order valence-corrected chi connectivity index (χ3v) is 3.25. The molecule has 3 aromatic rings. The number of rotatable bonds is 2. The first kappa shape index (κ1) is 13.9. The quantitative estimate of drug-likeness (QED) is 0.694. The van der Waals surface area contributed by atoms with Crippen LogP contribution in [0.15, 0.2) is 60.7 Å². The Morgan fingerprint density at radius 1 is 0.773 bits per heavy atom. The van der Waals surface area contributed by atoms with E-state index in [1.54, 1.807) is 36.4 Å². The number of hydrogen-bond acceptors (Lipinski definition) is 2. The average Bonchev–Trinajstić information content (AvgIpc) is 2.55. The Labute approximate surface area is 126 Å². The minimum Gasteiger partial charge on any atom is -0.247 e. The van der Waals surface area contributed by atoms with Crippen molar-refractivity contribution in [2.24, 2.45) is 0 Å². The molecule has 0 aliphatic rings. The molecule has 0 spiro atoms. The number of pyridine rings is 1. The van der Waals surface area contributed by atoms with Crippen molar-refractivity contribution in [3.63, 3.8) is 0 Å². The number of hydrogen-bond donors (Lipinski definition) is 0. The van der Waals surface area contributed by atoms with E-state index in [2.05, 4.69) is 4.98 Å². The third kappa shape index (κ3) is 2.57. The Bertz CT molecular complexity index is 819. The summed E-state index contributed by atoms with van der Waals surface area (Å²) in [5.74, 6) is -0.880. The van der Waals surface area contributed by atoms with Gasteiger partial charge in [0.1, 0.15) is 11.6 Å². The Hall–Kier alpha value is -3.06. The molecule has 1 heterocycles. The molecule has 0 saturated carbocycles. The molecule has 2 nitrogen and oxygen atoms in total. The van der Waals surface area contributed by atoms with Gasteiger partial charge >= 0.3 is 0 Å². The number of nitriles is 1. The zero-order valence-corrected chi connectivity index (χ0v) is 11.4. The highest BCUT2D eigenvalue weighted by atomic mass is 19.1. The lowest BCUT2D eigenvalue weighted by atomic mass is 10.0. The Balaban J connectivity index is 2.23. The smallest absolute Gasteiger partial charge is 0.132 e. The van der Waals surface area contributed by atoms with Crippen LogP contribution in [0, 0.1) is 23.0 Å². The molecule has 0 unspecified atom stereocenters. The number of aromatic nitrogens is 1. The summed E-state index contributed by atoms with van der Waals surface area (Å²) in [5, 5.41) is 9.15. The lowest BCUT2D eigenvalue weighted by molar-refractivity contribution is 0.630. The van der Waals surface area contributed by atoms with E-state index in [9.17, 15) is 8.78 Å². The minimum atomic E-state index is -0.440. The van der Waals surface area contributed by atoms with Gasteiger partial charge in [0, 0.05) is 11.1 Å². The first-order valence-corrected chi connectivity index (χ1v) is 6.61. The van der Waals surface area contributed by atoms with Gasteiger partial charge in [0.25, 0.3) is 0 Å². The molecule has 0 atom stereocenters. The lowest BCUT2D eigenvalue weighted by Crippen LogP contribution is -1.94. The topological polar surface area (TPSA) is 36.7 Å². The molecule has 0 aliphatic carbocycles. The van der Waals surface area contributed by atoms with Crippen LogP contribution in [0.2, 0.25) is 0 Å². The van der Waals surface area contributed by atoms with Gasteiger partial charge in [-0.3, -0.25) is 0 Å². The maximum Gasteiger partial charge on any atom is 0.132 e. The molecule has 106 valence electrons. The van der Waals surface area contributed by atoms with Crippen LogP contribution in [0.1, 0.15) is 5.56 Å². The highest BCUT2D eigenvalue weighted by Crippen LogP contribution is 2.27. The molecule has 0 fully saturated rings.